The van der Waals surface area contributed by atoms with Gasteiger partial charge in [0.15, 0.2) is 5.11 Å². The second-order valence-electron chi connectivity index (χ2n) is 5.28. The van der Waals surface area contributed by atoms with Gasteiger partial charge in [-0.15, -0.1) is 0 Å². The van der Waals surface area contributed by atoms with E-state index < -0.39 is 4.92 Å². The molecule has 0 radical (unpaired) electrons. The van der Waals surface area contributed by atoms with Crippen molar-refractivity contribution in [2.24, 2.45) is 0 Å². The first kappa shape index (κ1) is 17.6. The molecule has 2 aromatic rings. The number of aryl methyl sites for hydroxylation is 1. The number of benzene rings is 1. The molecule has 0 atom stereocenters. The van der Waals surface area contributed by atoms with Crippen LogP contribution >= 0.6 is 12.2 Å². The second kappa shape index (κ2) is 8.21. The number of thiocarbonyl (C=S) groups is 1. The fraction of sp³-hybridized carbons (Fsp3) is 0.250. The van der Waals surface area contributed by atoms with Crippen molar-refractivity contribution in [3.63, 3.8) is 0 Å². The Balaban J connectivity index is 1.76. The van der Waals surface area contributed by atoms with Gasteiger partial charge in [-0.05, 0) is 36.7 Å². The number of carbonyl (C=O) groups excluding carboxylic acids is 1. The quantitative estimate of drug-likeness (QED) is 0.424. The van der Waals surface area contributed by atoms with Gasteiger partial charge in [0.05, 0.1) is 11.1 Å². The summed E-state index contributed by atoms with van der Waals surface area (Å²) in [4.78, 5) is 24.9. The summed E-state index contributed by atoms with van der Waals surface area (Å²) in [5.74, 6) is -0.223. The van der Waals surface area contributed by atoms with E-state index in [2.05, 4.69) is 15.6 Å². The molecule has 0 fully saturated rings. The molecule has 0 saturated heterocycles. The Kier molecular flexibility index (Phi) is 6.02. The van der Waals surface area contributed by atoms with Gasteiger partial charge < -0.3 is 15.6 Å². The third kappa shape index (κ3) is 4.88. The fourth-order valence-corrected chi connectivity index (χ4v) is 2.40. The number of hydrogen-bond donors (Lipinski definition) is 3. The molecule has 3 N–H and O–H groups in total. The third-order valence-corrected chi connectivity index (χ3v) is 3.70. The number of nitrogens with one attached hydrogen (secondary N) is 3. The second-order valence-corrected chi connectivity index (χ2v) is 5.69. The molecule has 24 heavy (non-hydrogen) atoms. The maximum Gasteiger partial charge on any atom is 0.259 e. The van der Waals surface area contributed by atoms with Crippen LogP contribution in [0.1, 0.15) is 25.3 Å². The van der Waals surface area contributed by atoms with E-state index >= 15 is 0 Å². The predicted octanol–water partition coefficient (Wildman–Crippen LogP) is 2.62. The van der Waals surface area contributed by atoms with E-state index in [9.17, 15) is 14.9 Å². The van der Waals surface area contributed by atoms with E-state index in [4.69, 9.17) is 12.2 Å². The molecular weight excluding hydrogens is 328 g/mol. The molecule has 0 unspecified atom stereocenters. The maximum absolute atomic E-state index is 11.8. The van der Waals surface area contributed by atoms with Crippen LogP contribution in [0.25, 0.3) is 10.9 Å². The highest BCUT2D eigenvalue weighted by Gasteiger charge is 2.07. The van der Waals surface area contributed by atoms with Crippen LogP contribution in [0, 0.1) is 10.1 Å². The Bertz CT molecular complexity index is 797. The predicted molar refractivity (Wildman–Crippen MR) is 95.9 cm³/mol. The van der Waals surface area contributed by atoms with E-state index in [1.807, 2.05) is 30.5 Å². The molecule has 0 spiro atoms. The van der Waals surface area contributed by atoms with Crippen molar-refractivity contribution in [2.75, 3.05) is 0 Å². The molecule has 1 amide bonds. The van der Waals surface area contributed by atoms with Crippen LogP contribution < -0.4 is 10.6 Å². The van der Waals surface area contributed by atoms with Crippen LogP contribution in [-0.2, 0) is 11.2 Å². The number of carbonyl (C=O) groups is 1. The number of amides is 1. The fourth-order valence-electron chi connectivity index (χ4n) is 2.23. The zero-order valence-electron chi connectivity index (χ0n) is 13.2. The molecule has 0 saturated carbocycles. The van der Waals surface area contributed by atoms with Crippen LogP contribution in [-0.4, -0.2) is 20.9 Å². The zero-order valence-corrected chi connectivity index (χ0v) is 14.0. The third-order valence-electron chi connectivity index (χ3n) is 3.48. The summed E-state index contributed by atoms with van der Waals surface area (Å²) in [6, 6.07) is 8.01. The minimum absolute atomic E-state index is 0.0493. The smallest absolute Gasteiger partial charge is 0.259 e. The molecule has 0 bridgehead atoms. The standard InChI is InChI=1S/C16H18N4O3S/c1-11(20(22)23)9-18-16(24)19-15(21)8-4-5-12-10-17-14-7-3-2-6-13(12)14/h2-3,6-7,9-10,17H,4-5,8H2,1H3,(H2,18,19,21,24)/b11-9+. The van der Waals surface area contributed by atoms with Crippen molar-refractivity contribution in [3.8, 4) is 0 Å². The topological polar surface area (TPSA) is 100 Å². The molecule has 1 aromatic heterocycles. The minimum Gasteiger partial charge on any atom is -0.361 e. The largest absolute Gasteiger partial charge is 0.361 e. The number of allylic oxidation sites excluding steroid dienone is 1. The lowest BCUT2D eigenvalue weighted by atomic mass is 10.1. The van der Waals surface area contributed by atoms with Gasteiger partial charge in [0.25, 0.3) is 5.70 Å². The number of aromatic amines is 1. The number of fused-ring (bicyclic) bond motifs is 1. The van der Waals surface area contributed by atoms with E-state index in [0.717, 1.165) is 23.5 Å². The van der Waals surface area contributed by atoms with Crippen LogP contribution in [0.4, 0.5) is 0 Å². The Morgan fingerprint density at radius 3 is 2.92 bits per heavy atom. The van der Waals surface area contributed by atoms with E-state index in [1.54, 1.807) is 0 Å². The summed E-state index contributed by atoms with van der Waals surface area (Å²) < 4.78 is 0. The number of H-pyrrole nitrogens is 1. The van der Waals surface area contributed by atoms with Crippen LogP contribution in [0.15, 0.2) is 42.4 Å². The Morgan fingerprint density at radius 2 is 2.17 bits per heavy atom. The van der Waals surface area contributed by atoms with Crippen molar-refractivity contribution in [1.82, 2.24) is 15.6 Å². The normalized spacial score (nSPS) is 11.3. The first-order valence-electron chi connectivity index (χ1n) is 7.44. The van der Waals surface area contributed by atoms with Crippen LogP contribution in [0.5, 0.6) is 0 Å². The molecule has 0 aliphatic heterocycles. The van der Waals surface area contributed by atoms with Gasteiger partial charge in [0.1, 0.15) is 0 Å². The lowest BCUT2D eigenvalue weighted by Crippen LogP contribution is -2.36. The average Bonchev–Trinajstić information content (AvgIpc) is 2.96. The molecule has 7 nitrogen and oxygen atoms in total. The molecule has 0 aliphatic carbocycles. The molecular formula is C16H18N4O3S. The minimum atomic E-state index is -0.543. The number of hydrogen-bond acceptors (Lipinski definition) is 4. The average molecular weight is 346 g/mol. The lowest BCUT2D eigenvalue weighted by molar-refractivity contribution is -0.424. The summed E-state index contributed by atoms with van der Waals surface area (Å²) in [6.07, 6.45) is 4.88. The van der Waals surface area contributed by atoms with Gasteiger partial charge in [0, 0.05) is 30.4 Å². The Hall–Kier alpha value is -2.74. The molecule has 1 heterocycles. The van der Waals surface area contributed by atoms with E-state index in [1.165, 1.54) is 12.5 Å². The summed E-state index contributed by atoms with van der Waals surface area (Å²) in [7, 11) is 0. The van der Waals surface area contributed by atoms with Crippen molar-refractivity contribution < 1.29 is 9.72 Å². The Morgan fingerprint density at radius 1 is 1.42 bits per heavy atom. The summed E-state index contributed by atoms with van der Waals surface area (Å²) >= 11 is 4.91. The molecule has 2 rings (SSSR count). The molecule has 0 aliphatic rings. The highest BCUT2D eigenvalue weighted by atomic mass is 32.1. The van der Waals surface area contributed by atoms with Gasteiger partial charge in [0.2, 0.25) is 5.91 Å². The SMILES string of the molecule is C/C(=C\NC(=S)NC(=O)CCCc1c[nH]c2ccccc12)[N+](=O)[O-]. The van der Waals surface area contributed by atoms with Crippen molar-refractivity contribution in [2.45, 2.75) is 26.2 Å². The van der Waals surface area contributed by atoms with Crippen molar-refractivity contribution in [1.29, 1.82) is 0 Å². The first-order chi connectivity index (χ1) is 11.5. The van der Waals surface area contributed by atoms with Gasteiger partial charge >= 0.3 is 0 Å². The van der Waals surface area contributed by atoms with Gasteiger partial charge in [-0.25, -0.2) is 0 Å². The van der Waals surface area contributed by atoms with Gasteiger partial charge in [-0.1, -0.05) is 18.2 Å². The lowest BCUT2D eigenvalue weighted by Gasteiger charge is -2.06. The summed E-state index contributed by atoms with van der Waals surface area (Å²) in [6.45, 7) is 1.33. The highest BCUT2D eigenvalue weighted by Crippen LogP contribution is 2.19. The number of nitrogens with zero attached hydrogens (tertiary/aromatic N) is 1. The molecule has 126 valence electrons. The monoisotopic (exact) mass is 346 g/mol. The molecule has 8 heteroatoms. The number of para-hydroxylation sites is 1. The van der Waals surface area contributed by atoms with Gasteiger partial charge in [-0.2, -0.15) is 0 Å². The molecule has 1 aromatic carbocycles. The number of nitro groups is 1. The highest BCUT2D eigenvalue weighted by molar-refractivity contribution is 7.80. The summed E-state index contributed by atoms with van der Waals surface area (Å²) in [5, 5.41) is 16.7. The van der Waals surface area contributed by atoms with Crippen LogP contribution in [0.3, 0.4) is 0 Å². The number of aromatic nitrogens is 1. The van der Waals surface area contributed by atoms with E-state index in [0.29, 0.717) is 12.8 Å². The van der Waals surface area contributed by atoms with Crippen molar-refractivity contribution in [3.05, 3.63) is 58.0 Å². The number of rotatable bonds is 6. The van der Waals surface area contributed by atoms with Gasteiger partial charge in [-0.3, -0.25) is 14.9 Å². The maximum atomic E-state index is 11.8. The Labute approximate surface area is 144 Å². The van der Waals surface area contributed by atoms with Crippen molar-refractivity contribution >= 4 is 34.1 Å². The van der Waals surface area contributed by atoms with Crippen LogP contribution in [0.2, 0.25) is 0 Å². The van der Waals surface area contributed by atoms with E-state index in [-0.39, 0.29) is 16.7 Å². The first-order valence-corrected chi connectivity index (χ1v) is 7.84. The summed E-state index contributed by atoms with van der Waals surface area (Å²) in [5.41, 5.74) is 2.16. The zero-order chi connectivity index (χ0) is 17.5.